The number of rotatable bonds is 53. The minimum absolute atomic E-state index is 0.252. The topological polar surface area (TPSA) is 228 Å². The second-order valence-electron chi connectivity index (χ2n) is 23.2. The molecule has 0 spiro atoms. The van der Waals surface area contributed by atoms with E-state index >= 15 is 0 Å². The monoisotopic (exact) mass is 1140 g/mol. The quantitative estimate of drug-likeness (QED) is 0.0204. The molecule has 2 aliphatic heterocycles. The van der Waals surface area contributed by atoms with Gasteiger partial charge in [0.05, 0.1) is 32.0 Å². The van der Waals surface area contributed by atoms with E-state index in [0.717, 1.165) is 44.9 Å². The minimum atomic E-state index is -1.79. The van der Waals surface area contributed by atoms with Crippen molar-refractivity contribution in [1.82, 2.24) is 5.32 Å². The molecule has 0 aromatic heterocycles. The van der Waals surface area contributed by atoms with E-state index in [4.69, 9.17) is 18.9 Å². The molecular formula is C66H121NO13. The van der Waals surface area contributed by atoms with Gasteiger partial charge < -0.3 is 65.1 Å². The third-order valence-corrected chi connectivity index (χ3v) is 16.0. The number of unbranched alkanes of at least 4 members (excludes halogenated alkanes) is 34. The summed E-state index contributed by atoms with van der Waals surface area (Å²) < 4.78 is 22.8. The van der Waals surface area contributed by atoms with Crippen LogP contribution in [0.25, 0.3) is 0 Å². The highest BCUT2D eigenvalue weighted by Gasteiger charge is 2.51. The van der Waals surface area contributed by atoms with Gasteiger partial charge in [0.15, 0.2) is 12.6 Å². The Morgan fingerprint density at radius 3 is 1.30 bits per heavy atom. The van der Waals surface area contributed by atoms with Gasteiger partial charge in [-0.05, 0) is 64.2 Å². The molecule has 14 nitrogen and oxygen atoms in total. The smallest absolute Gasteiger partial charge is 0.220 e. The molecule has 2 fully saturated rings. The number of allylic oxidation sites excluding steroid dienone is 7. The Labute approximate surface area is 486 Å². The third kappa shape index (κ3) is 35.9. The summed E-state index contributed by atoms with van der Waals surface area (Å²) in [5.41, 5.74) is 0. The first-order chi connectivity index (χ1) is 39.1. The number of hydrogen-bond donors (Lipinski definition) is 9. The van der Waals surface area contributed by atoms with Crippen LogP contribution in [0.4, 0.5) is 0 Å². The molecule has 2 aliphatic rings. The van der Waals surface area contributed by atoms with Gasteiger partial charge in [-0.2, -0.15) is 0 Å². The molecule has 0 bridgehead atoms. The van der Waals surface area contributed by atoms with Gasteiger partial charge >= 0.3 is 0 Å². The summed E-state index contributed by atoms with van der Waals surface area (Å²) in [5.74, 6) is -0.252. The maximum absolute atomic E-state index is 13.3. The Kier molecular flexibility index (Phi) is 47.6. The van der Waals surface area contributed by atoms with Crippen LogP contribution in [0.3, 0.4) is 0 Å². The molecule has 0 aliphatic carbocycles. The lowest BCUT2D eigenvalue weighted by molar-refractivity contribution is -0.359. The average Bonchev–Trinajstić information content (AvgIpc) is 3.46. The fraction of sp³-hybridized carbons (Fsp3) is 0.864. The zero-order valence-corrected chi connectivity index (χ0v) is 50.6. The van der Waals surface area contributed by atoms with Crippen LogP contribution in [0.2, 0.25) is 0 Å². The van der Waals surface area contributed by atoms with Gasteiger partial charge in [-0.1, -0.05) is 249 Å². The molecular weight excluding hydrogens is 1010 g/mol. The van der Waals surface area contributed by atoms with Crippen LogP contribution < -0.4 is 5.32 Å². The van der Waals surface area contributed by atoms with Crippen LogP contribution >= 0.6 is 0 Å². The van der Waals surface area contributed by atoms with Crippen LogP contribution in [-0.4, -0.2) is 140 Å². The standard InChI is InChI=1S/C66H121NO13/c1-3-5-7-9-11-13-15-17-19-21-23-25-26-27-28-30-31-33-35-37-39-41-43-45-47-49-55(70)54(53-77-65-63(76)61(74)64(57(52-69)79-65)80-66-62(75)60(73)59(72)56(51-68)78-66)67-58(71)50-48-46-44-42-40-38-36-34-32-29-24-22-20-18-16-14-12-10-8-6-4-2/h16,18,22,24,39,41,47,49,54-57,59-66,68-70,72-76H,3-15,17,19-21,23,25-38,40,42-46,48,50-53H2,1-2H3,(H,67,71)/b18-16-,24-22-,41-39+,49-47+. The summed E-state index contributed by atoms with van der Waals surface area (Å²) in [7, 11) is 0. The van der Waals surface area contributed by atoms with Crippen molar-refractivity contribution < 1.29 is 64.6 Å². The minimum Gasteiger partial charge on any atom is -0.394 e. The van der Waals surface area contributed by atoms with E-state index in [1.807, 2.05) is 6.08 Å². The number of carbonyl (C=O) groups excluding carboxylic acids is 1. The fourth-order valence-electron chi connectivity index (χ4n) is 10.7. The molecule has 2 rings (SSSR count). The number of amides is 1. The van der Waals surface area contributed by atoms with Crippen LogP contribution in [0, 0.1) is 0 Å². The van der Waals surface area contributed by atoms with Crippen molar-refractivity contribution in [1.29, 1.82) is 0 Å². The van der Waals surface area contributed by atoms with Gasteiger partial charge in [0.2, 0.25) is 5.91 Å². The Bertz CT molecular complexity index is 1530. The number of ether oxygens (including phenoxy) is 4. The normalized spacial score (nSPS) is 24.5. The molecule has 9 N–H and O–H groups in total. The highest BCUT2D eigenvalue weighted by atomic mass is 16.7. The van der Waals surface area contributed by atoms with E-state index in [1.54, 1.807) is 6.08 Å². The maximum Gasteiger partial charge on any atom is 0.220 e. The summed E-state index contributed by atoms with van der Waals surface area (Å²) >= 11 is 0. The fourth-order valence-corrected chi connectivity index (χ4v) is 10.7. The van der Waals surface area contributed by atoms with Crippen molar-refractivity contribution >= 4 is 5.91 Å². The van der Waals surface area contributed by atoms with Gasteiger partial charge in [0, 0.05) is 6.42 Å². The van der Waals surface area contributed by atoms with Crippen LogP contribution in [0.1, 0.15) is 271 Å². The SMILES string of the molecule is CCCCCCC/C=C\C/C=C\CCCCCCCCCCCC(=O)NC(COC1OC(CO)C(OC2OC(CO)C(O)C(O)C2O)C(O)C1O)C(O)/C=C/CC/C=C/CCCCCCCCCCCCCCCCCCCCC. The molecule has 2 heterocycles. The number of hydrogen-bond acceptors (Lipinski definition) is 13. The molecule has 0 aromatic rings. The highest BCUT2D eigenvalue weighted by molar-refractivity contribution is 5.76. The van der Waals surface area contributed by atoms with Gasteiger partial charge in [0.1, 0.15) is 48.8 Å². The predicted molar refractivity (Wildman–Crippen MR) is 323 cm³/mol. The van der Waals surface area contributed by atoms with E-state index in [0.29, 0.717) is 12.8 Å². The van der Waals surface area contributed by atoms with Gasteiger partial charge in [-0.25, -0.2) is 0 Å². The Morgan fingerprint density at radius 1 is 0.450 bits per heavy atom. The molecule has 2 saturated heterocycles. The first-order valence-electron chi connectivity index (χ1n) is 32.9. The lowest BCUT2D eigenvalue weighted by Gasteiger charge is -2.46. The molecule has 0 saturated carbocycles. The molecule has 12 unspecified atom stereocenters. The first kappa shape index (κ1) is 74.1. The number of aliphatic hydroxyl groups excluding tert-OH is 8. The molecule has 0 radical (unpaired) electrons. The van der Waals surface area contributed by atoms with Crippen molar-refractivity contribution in [3.05, 3.63) is 48.6 Å². The van der Waals surface area contributed by atoms with E-state index in [2.05, 4.69) is 55.6 Å². The molecule has 1 amide bonds. The van der Waals surface area contributed by atoms with Crippen molar-refractivity contribution in [2.75, 3.05) is 19.8 Å². The highest BCUT2D eigenvalue weighted by Crippen LogP contribution is 2.30. The molecule has 14 heteroatoms. The van der Waals surface area contributed by atoms with E-state index in [-0.39, 0.29) is 18.9 Å². The Hall–Kier alpha value is -2.05. The second-order valence-corrected chi connectivity index (χ2v) is 23.2. The zero-order valence-electron chi connectivity index (χ0n) is 50.6. The van der Waals surface area contributed by atoms with Gasteiger partial charge in [-0.15, -0.1) is 0 Å². The van der Waals surface area contributed by atoms with Crippen molar-refractivity contribution in [2.45, 2.75) is 344 Å². The predicted octanol–water partition coefficient (Wildman–Crippen LogP) is 12.3. The third-order valence-electron chi connectivity index (χ3n) is 16.0. The molecule has 80 heavy (non-hydrogen) atoms. The molecule has 12 atom stereocenters. The zero-order chi connectivity index (χ0) is 58.1. The molecule has 0 aromatic carbocycles. The number of carbonyl (C=O) groups is 1. The summed E-state index contributed by atoms with van der Waals surface area (Å²) in [5, 5.41) is 87.3. The van der Waals surface area contributed by atoms with E-state index in [1.165, 1.54) is 193 Å². The lowest BCUT2D eigenvalue weighted by Crippen LogP contribution is -2.65. The summed E-state index contributed by atoms with van der Waals surface area (Å²) in [6.07, 6.45) is 48.7. The summed E-state index contributed by atoms with van der Waals surface area (Å²) in [4.78, 5) is 13.3. The molecule has 468 valence electrons. The van der Waals surface area contributed by atoms with Gasteiger partial charge in [0.25, 0.3) is 0 Å². The second kappa shape index (κ2) is 51.4. The maximum atomic E-state index is 13.3. The average molecular weight is 1140 g/mol. The van der Waals surface area contributed by atoms with Crippen molar-refractivity contribution in [3.8, 4) is 0 Å². The largest absolute Gasteiger partial charge is 0.394 e. The van der Waals surface area contributed by atoms with Crippen LogP contribution in [-0.2, 0) is 23.7 Å². The van der Waals surface area contributed by atoms with Crippen LogP contribution in [0.5, 0.6) is 0 Å². The van der Waals surface area contributed by atoms with Crippen molar-refractivity contribution in [2.24, 2.45) is 0 Å². The first-order valence-corrected chi connectivity index (χ1v) is 32.9. The number of aliphatic hydroxyl groups is 8. The van der Waals surface area contributed by atoms with Crippen molar-refractivity contribution in [3.63, 3.8) is 0 Å². The Balaban J connectivity index is 1.74. The van der Waals surface area contributed by atoms with E-state index < -0.39 is 86.8 Å². The van der Waals surface area contributed by atoms with E-state index in [9.17, 15) is 45.6 Å². The van der Waals surface area contributed by atoms with Gasteiger partial charge in [-0.3, -0.25) is 4.79 Å². The van der Waals surface area contributed by atoms with Crippen LogP contribution in [0.15, 0.2) is 48.6 Å². The number of nitrogens with one attached hydrogen (secondary N) is 1. The summed E-state index contributed by atoms with van der Waals surface area (Å²) in [6.45, 7) is 2.80. The lowest BCUT2D eigenvalue weighted by atomic mass is 9.97. The summed E-state index contributed by atoms with van der Waals surface area (Å²) in [6, 6.07) is -0.936. The Morgan fingerprint density at radius 2 is 0.838 bits per heavy atom.